The molecule has 23 heavy (non-hydrogen) atoms. The predicted molar refractivity (Wildman–Crippen MR) is 84.8 cm³/mol. The molecule has 0 unspecified atom stereocenters. The van der Waals surface area contributed by atoms with E-state index < -0.39 is 5.91 Å². The second-order valence-corrected chi connectivity index (χ2v) is 4.75. The van der Waals surface area contributed by atoms with Gasteiger partial charge in [0, 0.05) is 6.07 Å². The van der Waals surface area contributed by atoms with E-state index in [1.807, 2.05) is 37.3 Å². The van der Waals surface area contributed by atoms with Gasteiger partial charge in [0.2, 0.25) is 11.8 Å². The molecule has 2 heterocycles. The van der Waals surface area contributed by atoms with Crippen LogP contribution in [0.3, 0.4) is 0 Å². The van der Waals surface area contributed by atoms with Crippen molar-refractivity contribution in [2.45, 2.75) is 6.92 Å². The van der Waals surface area contributed by atoms with Crippen LogP contribution in [0.25, 0.3) is 5.69 Å². The van der Waals surface area contributed by atoms with E-state index in [0.717, 1.165) is 5.69 Å². The molecule has 3 rings (SSSR count). The number of nitrogens with zero attached hydrogens (tertiary/aromatic N) is 4. The molecular weight excluding hydrogens is 294 g/mol. The van der Waals surface area contributed by atoms with E-state index in [1.54, 1.807) is 22.9 Å². The quantitative estimate of drug-likeness (QED) is 0.799. The van der Waals surface area contributed by atoms with Crippen LogP contribution in [0.4, 0.5) is 5.95 Å². The first-order valence-electron chi connectivity index (χ1n) is 6.99. The van der Waals surface area contributed by atoms with Crippen molar-refractivity contribution >= 4 is 11.9 Å². The van der Waals surface area contributed by atoms with Gasteiger partial charge in [-0.15, -0.1) is 5.10 Å². The summed E-state index contributed by atoms with van der Waals surface area (Å²) in [7, 11) is 1.50. The second-order valence-electron chi connectivity index (χ2n) is 4.75. The number of anilines is 1. The average molecular weight is 309 g/mol. The van der Waals surface area contributed by atoms with Crippen LogP contribution >= 0.6 is 0 Å². The zero-order valence-electron chi connectivity index (χ0n) is 12.7. The number of amides is 1. The number of carbonyl (C=O) groups excluding carboxylic acids is 1. The van der Waals surface area contributed by atoms with Gasteiger partial charge >= 0.3 is 0 Å². The highest BCUT2D eigenvalue weighted by atomic mass is 16.5. The SMILES string of the molecule is COc1cccc(C(=O)Nc2nc(C)n(-c3ccccc3)n2)n1. The lowest BCUT2D eigenvalue weighted by molar-refractivity contribution is 0.102. The number of ether oxygens (including phenoxy) is 1. The summed E-state index contributed by atoms with van der Waals surface area (Å²) in [5.41, 5.74) is 1.11. The zero-order valence-corrected chi connectivity index (χ0v) is 12.7. The first kappa shape index (κ1) is 14.7. The fourth-order valence-corrected chi connectivity index (χ4v) is 2.08. The number of aromatic nitrogens is 4. The van der Waals surface area contributed by atoms with Gasteiger partial charge < -0.3 is 4.74 Å². The highest BCUT2D eigenvalue weighted by molar-refractivity contribution is 6.01. The van der Waals surface area contributed by atoms with Gasteiger partial charge in [0.1, 0.15) is 11.5 Å². The van der Waals surface area contributed by atoms with Gasteiger partial charge in [-0.2, -0.15) is 4.98 Å². The number of carbonyl (C=O) groups is 1. The summed E-state index contributed by atoms with van der Waals surface area (Å²) in [6.45, 7) is 1.82. The molecule has 1 amide bonds. The van der Waals surface area contributed by atoms with E-state index in [-0.39, 0.29) is 11.6 Å². The highest BCUT2D eigenvalue weighted by Crippen LogP contribution is 2.12. The van der Waals surface area contributed by atoms with E-state index >= 15 is 0 Å². The monoisotopic (exact) mass is 309 g/mol. The molecule has 0 bridgehead atoms. The first-order valence-corrected chi connectivity index (χ1v) is 6.99. The average Bonchev–Trinajstić information content (AvgIpc) is 2.96. The number of hydrogen-bond donors (Lipinski definition) is 1. The second kappa shape index (κ2) is 6.27. The summed E-state index contributed by atoms with van der Waals surface area (Å²) in [5.74, 6) is 0.872. The number of methoxy groups -OCH3 is 1. The number of para-hydroxylation sites is 1. The first-order chi connectivity index (χ1) is 11.2. The summed E-state index contributed by atoms with van der Waals surface area (Å²) >= 11 is 0. The third-order valence-corrected chi connectivity index (χ3v) is 3.16. The molecule has 7 heteroatoms. The Hall–Kier alpha value is -3.22. The number of benzene rings is 1. The van der Waals surface area contributed by atoms with Crippen molar-refractivity contribution in [3.63, 3.8) is 0 Å². The maximum Gasteiger partial charge on any atom is 0.276 e. The lowest BCUT2D eigenvalue weighted by Crippen LogP contribution is -2.15. The molecular formula is C16H15N5O2. The maximum absolute atomic E-state index is 12.2. The van der Waals surface area contributed by atoms with Crippen LogP contribution in [0, 0.1) is 6.92 Å². The molecule has 116 valence electrons. The van der Waals surface area contributed by atoms with Crippen molar-refractivity contribution in [2.24, 2.45) is 0 Å². The molecule has 3 aromatic rings. The molecule has 0 atom stereocenters. The van der Waals surface area contributed by atoms with Crippen molar-refractivity contribution in [1.29, 1.82) is 0 Å². The summed E-state index contributed by atoms with van der Waals surface area (Å²) in [4.78, 5) is 20.6. The summed E-state index contributed by atoms with van der Waals surface area (Å²) < 4.78 is 6.67. The van der Waals surface area contributed by atoms with Gasteiger partial charge in [-0.1, -0.05) is 24.3 Å². The summed E-state index contributed by atoms with van der Waals surface area (Å²) in [5, 5.41) is 6.94. The minimum atomic E-state index is -0.394. The highest BCUT2D eigenvalue weighted by Gasteiger charge is 2.13. The molecule has 0 fully saturated rings. The molecule has 0 aliphatic heterocycles. The molecule has 0 spiro atoms. The summed E-state index contributed by atoms with van der Waals surface area (Å²) in [6, 6.07) is 14.5. The van der Waals surface area contributed by atoms with E-state index in [9.17, 15) is 4.79 Å². The largest absolute Gasteiger partial charge is 0.481 e. The predicted octanol–water partition coefficient (Wildman–Crippen LogP) is 2.23. The minimum absolute atomic E-state index is 0.223. The van der Waals surface area contributed by atoms with Crippen LogP contribution in [0.5, 0.6) is 5.88 Å². The van der Waals surface area contributed by atoms with Crippen molar-refractivity contribution in [2.75, 3.05) is 12.4 Å². The third-order valence-electron chi connectivity index (χ3n) is 3.16. The van der Waals surface area contributed by atoms with E-state index in [0.29, 0.717) is 11.7 Å². The van der Waals surface area contributed by atoms with Crippen LogP contribution in [0.15, 0.2) is 48.5 Å². The van der Waals surface area contributed by atoms with Crippen molar-refractivity contribution in [3.05, 3.63) is 60.0 Å². The van der Waals surface area contributed by atoms with Gasteiger partial charge in [0.15, 0.2) is 0 Å². The van der Waals surface area contributed by atoms with Crippen molar-refractivity contribution in [3.8, 4) is 11.6 Å². The Labute approximate surface area is 133 Å². The van der Waals surface area contributed by atoms with Crippen LogP contribution in [-0.2, 0) is 0 Å². The van der Waals surface area contributed by atoms with Gasteiger partial charge in [0.25, 0.3) is 5.91 Å². The van der Waals surface area contributed by atoms with Crippen LogP contribution in [0.1, 0.15) is 16.3 Å². The molecule has 7 nitrogen and oxygen atoms in total. The van der Waals surface area contributed by atoms with Gasteiger partial charge in [-0.05, 0) is 25.1 Å². The number of nitrogens with one attached hydrogen (secondary N) is 1. The Kier molecular flexibility index (Phi) is 4.01. The maximum atomic E-state index is 12.2. The lowest BCUT2D eigenvalue weighted by Gasteiger charge is -2.03. The van der Waals surface area contributed by atoms with Gasteiger partial charge in [-0.25, -0.2) is 9.67 Å². The Morgan fingerprint density at radius 2 is 1.87 bits per heavy atom. The van der Waals surface area contributed by atoms with E-state index in [4.69, 9.17) is 4.74 Å². The lowest BCUT2D eigenvalue weighted by atomic mass is 10.3. The van der Waals surface area contributed by atoms with Crippen molar-refractivity contribution < 1.29 is 9.53 Å². The standard InChI is InChI=1S/C16H15N5O2/c1-11-17-16(20-21(11)12-7-4-3-5-8-12)19-15(22)13-9-6-10-14(18-13)23-2/h3-10H,1-2H3,(H,19,20,22). The third kappa shape index (κ3) is 3.18. The topological polar surface area (TPSA) is 81.9 Å². The molecule has 0 saturated carbocycles. The molecule has 0 radical (unpaired) electrons. The van der Waals surface area contributed by atoms with E-state index in [1.165, 1.54) is 7.11 Å². The normalized spacial score (nSPS) is 10.3. The molecule has 1 aromatic carbocycles. The molecule has 1 N–H and O–H groups in total. The van der Waals surface area contributed by atoms with Gasteiger partial charge in [-0.3, -0.25) is 10.1 Å². The summed E-state index contributed by atoms with van der Waals surface area (Å²) in [6.07, 6.45) is 0. The number of rotatable bonds is 4. The van der Waals surface area contributed by atoms with Crippen molar-refractivity contribution in [1.82, 2.24) is 19.7 Å². The number of aryl methyl sites for hydroxylation is 1. The fraction of sp³-hybridized carbons (Fsp3) is 0.125. The zero-order chi connectivity index (χ0) is 16.2. The number of hydrogen-bond acceptors (Lipinski definition) is 5. The fourth-order valence-electron chi connectivity index (χ4n) is 2.08. The van der Waals surface area contributed by atoms with Crippen LogP contribution in [-0.4, -0.2) is 32.8 Å². The molecule has 0 saturated heterocycles. The number of pyridine rings is 1. The molecule has 0 aliphatic rings. The van der Waals surface area contributed by atoms with Crippen LogP contribution < -0.4 is 10.1 Å². The smallest absolute Gasteiger partial charge is 0.276 e. The van der Waals surface area contributed by atoms with Gasteiger partial charge in [0.05, 0.1) is 12.8 Å². The van der Waals surface area contributed by atoms with E-state index in [2.05, 4.69) is 20.4 Å². The Morgan fingerprint density at radius 1 is 1.09 bits per heavy atom. The minimum Gasteiger partial charge on any atom is -0.481 e. The Bertz CT molecular complexity index is 829. The Balaban J connectivity index is 1.82. The molecule has 0 aliphatic carbocycles. The van der Waals surface area contributed by atoms with Crippen LogP contribution in [0.2, 0.25) is 0 Å². The Morgan fingerprint density at radius 3 is 2.61 bits per heavy atom. The molecule has 2 aromatic heterocycles.